The second-order valence-electron chi connectivity index (χ2n) is 9.43. The Bertz CT molecular complexity index is 647. The molecule has 0 aromatic carbocycles. The Morgan fingerprint density at radius 3 is 2.58 bits per heavy atom. The average molecular weight is 363 g/mol. The van der Waals surface area contributed by atoms with Crippen molar-refractivity contribution in [3.05, 3.63) is 22.8 Å². The Morgan fingerprint density at radius 2 is 1.96 bits per heavy atom. The molecule has 4 nitrogen and oxygen atoms in total. The van der Waals surface area contributed by atoms with E-state index in [0.717, 1.165) is 19.3 Å². The number of carbonyl (C=O) groups is 1. The summed E-state index contributed by atoms with van der Waals surface area (Å²) in [6, 6.07) is 0. The van der Waals surface area contributed by atoms with Crippen LogP contribution in [0.5, 0.6) is 0 Å². The molecule has 5 unspecified atom stereocenters. The van der Waals surface area contributed by atoms with E-state index < -0.39 is 12.2 Å². The summed E-state index contributed by atoms with van der Waals surface area (Å²) in [5.74, 6) is 0.297. The van der Waals surface area contributed by atoms with Gasteiger partial charge in [-0.05, 0) is 54.9 Å². The first-order valence-electron chi connectivity index (χ1n) is 10.0. The average Bonchev–Trinajstić information content (AvgIpc) is 2.87. The first kappa shape index (κ1) is 19.6. The summed E-state index contributed by atoms with van der Waals surface area (Å²) >= 11 is 0. The van der Waals surface area contributed by atoms with Gasteiger partial charge in [0.2, 0.25) is 0 Å². The minimum atomic E-state index is -0.681. The Morgan fingerprint density at radius 1 is 1.27 bits per heavy atom. The number of carbonyl (C=O) groups excluding carboxylic acids is 1. The number of hydrogen-bond donors (Lipinski definition) is 2. The van der Waals surface area contributed by atoms with Crippen LogP contribution in [0, 0.1) is 22.7 Å². The van der Waals surface area contributed by atoms with E-state index in [0.29, 0.717) is 17.9 Å². The van der Waals surface area contributed by atoms with Crippen molar-refractivity contribution in [3.63, 3.8) is 0 Å². The van der Waals surface area contributed by atoms with E-state index in [9.17, 15) is 15.0 Å². The van der Waals surface area contributed by atoms with Gasteiger partial charge in [-0.1, -0.05) is 44.9 Å². The molecule has 0 spiro atoms. The van der Waals surface area contributed by atoms with Crippen LogP contribution < -0.4 is 0 Å². The Hall–Kier alpha value is -1.13. The van der Waals surface area contributed by atoms with Gasteiger partial charge in [-0.3, -0.25) is 4.79 Å². The van der Waals surface area contributed by atoms with Gasteiger partial charge in [0, 0.05) is 12.3 Å². The smallest absolute Gasteiger partial charge is 0.302 e. The zero-order valence-electron chi connectivity index (χ0n) is 16.8. The van der Waals surface area contributed by atoms with E-state index in [1.807, 2.05) is 0 Å². The molecule has 3 rings (SSSR count). The minimum absolute atomic E-state index is 0.0592. The van der Waals surface area contributed by atoms with Crippen LogP contribution in [0.2, 0.25) is 0 Å². The van der Waals surface area contributed by atoms with Crippen molar-refractivity contribution in [3.8, 4) is 0 Å². The lowest BCUT2D eigenvalue weighted by molar-refractivity contribution is -0.140. The van der Waals surface area contributed by atoms with Crippen molar-refractivity contribution in [2.45, 2.75) is 78.9 Å². The van der Waals surface area contributed by atoms with Crippen molar-refractivity contribution in [1.82, 2.24) is 0 Å². The van der Waals surface area contributed by atoms with E-state index >= 15 is 0 Å². The Balaban J connectivity index is 2.01. The van der Waals surface area contributed by atoms with Crippen LogP contribution in [-0.4, -0.2) is 35.0 Å². The van der Waals surface area contributed by atoms with E-state index in [2.05, 4.69) is 27.7 Å². The SMILES string of the molecule is CC(=O)OCC1=CC(O)C2(C)CCC3(C)CCC(C(C)C)=C3C2CC1O. The summed E-state index contributed by atoms with van der Waals surface area (Å²) in [5, 5.41) is 21.9. The molecule has 3 aliphatic rings. The maximum absolute atomic E-state index is 11.2. The molecule has 0 radical (unpaired) electrons. The van der Waals surface area contributed by atoms with Crippen LogP contribution in [0.3, 0.4) is 0 Å². The summed E-state index contributed by atoms with van der Waals surface area (Å²) in [6.07, 6.45) is 5.39. The van der Waals surface area contributed by atoms with Gasteiger partial charge < -0.3 is 14.9 Å². The van der Waals surface area contributed by atoms with Gasteiger partial charge in [0.25, 0.3) is 0 Å². The molecule has 4 heteroatoms. The third-order valence-corrected chi connectivity index (χ3v) is 7.38. The second kappa shape index (κ2) is 6.79. The molecule has 3 aliphatic carbocycles. The molecule has 1 saturated carbocycles. The number of aliphatic hydroxyl groups is 2. The highest BCUT2D eigenvalue weighted by atomic mass is 16.5. The molecular weight excluding hydrogens is 328 g/mol. The predicted molar refractivity (Wildman–Crippen MR) is 101 cm³/mol. The predicted octanol–water partition coefficient (Wildman–Crippen LogP) is 3.77. The summed E-state index contributed by atoms with van der Waals surface area (Å²) in [7, 11) is 0. The van der Waals surface area contributed by atoms with Crippen molar-refractivity contribution >= 4 is 5.97 Å². The Labute approximate surface area is 157 Å². The molecule has 0 aliphatic heterocycles. The van der Waals surface area contributed by atoms with Gasteiger partial charge in [-0.15, -0.1) is 0 Å². The molecule has 5 atom stereocenters. The van der Waals surface area contributed by atoms with Crippen molar-refractivity contribution < 1.29 is 19.7 Å². The highest BCUT2D eigenvalue weighted by Gasteiger charge is 2.55. The maximum atomic E-state index is 11.2. The molecule has 1 fully saturated rings. The molecule has 26 heavy (non-hydrogen) atoms. The normalized spacial score (nSPS) is 40.0. The second-order valence-corrected chi connectivity index (χ2v) is 9.43. The highest BCUT2D eigenvalue weighted by Crippen LogP contribution is 2.63. The van der Waals surface area contributed by atoms with Crippen LogP contribution in [0.15, 0.2) is 22.8 Å². The number of ether oxygens (including phenoxy) is 1. The number of allylic oxidation sites excluding steroid dienone is 2. The van der Waals surface area contributed by atoms with Crippen LogP contribution in [0.4, 0.5) is 0 Å². The highest BCUT2D eigenvalue weighted by molar-refractivity contribution is 5.66. The molecular formula is C22H34O4. The molecule has 0 bridgehead atoms. The third kappa shape index (κ3) is 3.16. The van der Waals surface area contributed by atoms with Crippen molar-refractivity contribution in [1.29, 1.82) is 0 Å². The van der Waals surface area contributed by atoms with Gasteiger partial charge in [0.1, 0.15) is 6.61 Å². The topological polar surface area (TPSA) is 66.8 Å². The minimum Gasteiger partial charge on any atom is -0.461 e. The van der Waals surface area contributed by atoms with Crippen LogP contribution >= 0.6 is 0 Å². The fraction of sp³-hybridized carbons (Fsp3) is 0.773. The summed E-state index contributed by atoms with van der Waals surface area (Å²) in [6.45, 7) is 10.5. The van der Waals surface area contributed by atoms with Gasteiger partial charge in [0.15, 0.2) is 0 Å². The van der Waals surface area contributed by atoms with Gasteiger partial charge in [-0.2, -0.15) is 0 Å². The number of rotatable bonds is 3. The molecule has 0 amide bonds. The quantitative estimate of drug-likeness (QED) is 0.592. The number of hydrogen-bond acceptors (Lipinski definition) is 4. The summed E-state index contributed by atoms with van der Waals surface area (Å²) in [4.78, 5) is 11.2. The van der Waals surface area contributed by atoms with Gasteiger partial charge in [-0.25, -0.2) is 0 Å². The number of esters is 1. The zero-order chi connectivity index (χ0) is 19.3. The first-order valence-corrected chi connectivity index (χ1v) is 10.0. The first-order chi connectivity index (χ1) is 12.1. The molecule has 0 saturated heterocycles. The fourth-order valence-electron chi connectivity index (χ4n) is 5.57. The maximum Gasteiger partial charge on any atom is 0.302 e. The van der Waals surface area contributed by atoms with E-state index in [1.165, 1.54) is 24.5 Å². The molecule has 146 valence electrons. The van der Waals surface area contributed by atoms with Crippen molar-refractivity contribution in [2.24, 2.45) is 22.7 Å². The third-order valence-electron chi connectivity index (χ3n) is 7.38. The molecule has 0 heterocycles. The zero-order valence-corrected chi connectivity index (χ0v) is 16.8. The molecule has 0 aromatic heterocycles. The number of fused-ring (bicyclic) bond motifs is 3. The molecule has 2 N–H and O–H groups in total. The van der Waals surface area contributed by atoms with E-state index in [4.69, 9.17) is 4.74 Å². The summed E-state index contributed by atoms with van der Waals surface area (Å²) in [5.41, 5.74) is 3.59. The largest absolute Gasteiger partial charge is 0.461 e. The molecule has 0 aromatic rings. The van der Waals surface area contributed by atoms with Crippen LogP contribution in [-0.2, 0) is 9.53 Å². The van der Waals surface area contributed by atoms with E-state index in [1.54, 1.807) is 6.08 Å². The van der Waals surface area contributed by atoms with E-state index in [-0.39, 0.29) is 29.3 Å². The monoisotopic (exact) mass is 362 g/mol. The lowest BCUT2D eigenvalue weighted by atomic mass is 9.54. The summed E-state index contributed by atoms with van der Waals surface area (Å²) < 4.78 is 5.12. The number of aliphatic hydroxyl groups excluding tert-OH is 2. The van der Waals surface area contributed by atoms with Crippen LogP contribution in [0.25, 0.3) is 0 Å². The fourth-order valence-corrected chi connectivity index (χ4v) is 5.57. The van der Waals surface area contributed by atoms with Gasteiger partial charge >= 0.3 is 5.97 Å². The Kier molecular flexibility index (Phi) is 5.13. The van der Waals surface area contributed by atoms with Gasteiger partial charge in [0.05, 0.1) is 12.2 Å². The lowest BCUT2D eigenvalue weighted by Gasteiger charge is -2.51. The lowest BCUT2D eigenvalue weighted by Crippen LogP contribution is -2.46. The van der Waals surface area contributed by atoms with Crippen molar-refractivity contribution in [2.75, 3.05) is 6.61 Å². The van der Waals surface area contributed by atoms with Crippen LogP contribution in [0.1, 0.15) is 66.7 Å². The standard InChI is InChI=1S/C22H34O4/c1-13(2)16-6-7-21(4)8-9-22(5)17(20(16)21)11-18(24)15(10-19(22)25)12-26-14(3)23/h10,13,17-19,24-25H,6-9,11-12H2,1-5H3.